The Morgan fingerprint density at radius 1 is 1.05 bits per heavy atom. The normalized spacial score (nSPS) is 13.3. The van der Waals surface area contributed by atoms with E-state index in [-0.39, 0.29) is 28.1 Å². The van der Waals surface area contributed by atoms with E-state index in [1.54, 1.807) is 53.6 Å². The van der Waals surface area contributed by atoms with Crippen LogP contribution in [0.5, 0.6) is 5.75 Å². The first-order valence-electron chi connectivity index (χ1n) is 12.2. The first kappa shape index (κ1) is 26.8. The zero-order valence-electron chi connectivity index (χ0n) is 21.0. The highest BCUT2D eigenvalue weighted by molar-refractivity contribution is 6.34. The van der Waals surface area contributed by atoms with Crippen molar-refractivity contribution in [3.05, 3.63) is 89.1 Å². The molecule has 0 radical (unpaired) electrons. The lowest BCUT2D eigenvalue weighted by atomic mass is 10.1. The van der Waals surface area contributed by atoms with Crippen molar-refractivity contribution in [2.24, 2.45) is 5.10 Å². The van der Waals surface area contributed by atoms with Crippen LogP contribution in [0.2, 0.25) is 5.02 Å². The summed E-state index contributed by atoms with van der Waals surface area (Å²) in [6.07, 6.45) is 4.21. The summed E-state index contributed by atoms with van der Waals surface area (Å²) in [5, 5.41) is 19.8. The molecule has 5 rings (SSSR count). The van der Waals surface area contributed by atoms with Gasteiger partial charge in [0.2, 0.25) is 5.95 Å². The number of anilines is 5. The molecule has 13 heteroatoms. The number of aromatic hydroxyl groups is 1. The largest absolute Gasteiger partial charge is 0.508 e. The number of nitrogens with one attached hydrogen (secondary N) is 3. The third-order valence-electron chi connectivity index (χ3n) is 5.79. The summed E-state index contributed by atoms with van der Waals surface area (Å²) in [4.78, 5) is 26.9. The van der Waals surface area contributed by atoms with Crippen LogP contribution >= 0.6 is 11.6 Å². The molecule has 1 fully saturated rings. The molecule has 0 unspecified atom stereocenters. The standard InChI is InChI=1S/C27H24ClFN8O3/c28-23-13-18(6-7-22(23)26(39)34-17-2-1-3-21(38)12-17)33-20-5-4-19(30-14-20)15-32-36-27-31-16-24(29)25(35-27)37-8-10-40-11-9-37/h1-7,12-16,33,38H,8-11H2,(H,34,39)(H,31,35,36)/b32-15+. The molecule has 4 aromatic rings. The average molecular weight is 563 g/mol. The number of nitrogens with zero attached hydrogens (tertiary/aromatic N) is 5. The quantitative estimate of drug-likeness (QED) is 0.179. The molecule has 0 spiro atoms. The van der Waals surface area contributed by atoms with E-state index in [0.717, 1.165) is 6.20 Å². The molecule has 2 aromatic heterocycles. The lowest BCUT2D eigenvalue weighted by molar-refractivity contribution is 0.102. The second-order valence-electron chi connectivity index (χ2n) is 8.63. The summed E-state index contributed by atoms with van der Waals surface area (Å²) in [5.74, 6) is -0.494. The summed E-state index contributed by atoms with van der Waals surface area (Å²) >= 11 is 6.35. The highest BCUT2D eigenvalue weighted by atomic mass is 35.5. The zero-order valence-corrected chi connectivity index (χ0v) is 21.8. The van der Waals surface area contributed by atoms with Crippen LogP contribution in [0, 0.1) is 5.82 Å². The molecular weight excluding hydrogens is 539 g/mol. The van der Waals surface area contributed by atoms with Crippen LogP contribution in [-0.4, -0.2) is 58.5 Å². The van der Waals surface area contributed by atoms with Gasteiger partial charge >= 0.3 is 0 Å². The maximum Gasteiger partial charge on any atom is 0.257 e. The fourth-order valence-corrected chi connectivity index (χ4v) is 4.11. The smallest absolute Gasteiger partial charge is 0.257 e. The number of amides is 1. The Morgan fingerprint density at radius 3 is 2.62 bits per heavy atom. The first-order chi connectivity index (χ1) is 19.4. The van der Waals surface area contributed by atoms with Gasteiger partial charge in [-0.25, -0.2) is 14.8 Å². The number of phenols is 1. The monoisotopic (exact) mass is 562 g/mol. The van der Waals surface area contributed by atoms with Crippen molar-refractivity contribution in [3.63, 3.8) is 0 Å². The van der Waals surface area contributed by atoms with Gasteiger partial charge < -0.3 is 25.4 Å². The number of carbonyl (C=O) groups is 1. The van der Waals surface area contributed by atoms with Crippen molar-refractivity contribution in [1.29, 1.82) is 0 Å². The van der Waals surface area contributed by atoms with Crippen molar-refractivity contribution in [1.82, 2.24) is 15.0 Å². The van der Waals surface area contributed by atoms with Crippen LogP contribution in [0.3, 0.4) is 0 Å². The number of hydrogen-bond acceptors (Lipinski definition) is 10. The van der Waals surface area contributed by atoms with Gasteiger partial charge in [0.15, 0.2) is 11.6 Å². The van der Waals surface area contributed by atoms with E-state index in [9.17, 15) is 14.3 Å². The number of halogens is 2. The Morgan fingerprint density at radius 2 is 1.88 bits per heavy atom. The molecule has 0 saturated carbocycles. The summed E-state index contributed by atoms with van der Waals surface area (Å²) in [5.41, 5.74) is 5.35. The predicted molar refractivity (Wildman–Crippen MR) is 151 cm³/mol. The molecule has 0 atom stereocenters. The minimum atomic E-state index is -0.506. The van der Waals surface area contributed by atoms with Crippen molar-refractivity contribution >= 4 is 52.6 Å². The van der Waals surface area contributed by atoms with Gasteiger partial charge in [-0.1, -0.05) is 17.7 Å². The molecule has 3 heterocycles. The van der Waals surface area contributed by atoms with Crippen LogP contribution in [0.15, 0.2) is 72.1 Å². The Balaban J connectivity index is 1.17. The van der Waals surface area contributed by atoms with Crippen LogP contribution < -0.4 is 21.0 Å². The molecule has 0 aliphatic carbocycles. The molecule has 0 bridgehead atoms. The van der Waals surface area contributed by atoms with Gasteiger partial charge in [0, 0.05) is 30.5 Å². The van der Waals surface area contributed by atoms with Gasteiger partial charge in [0.25, 0.3) is 5.91 Å². The van der Waals surface area contributed by atoms with Crippen LogP contribution in [-0.2, 0) is 4.74 Å². The highest BCUT2D eigenvalue weighted by Gasteiger charge is 2.18. The van der Waals surface area contributed by atoms with Gasteiger partial charge in [-0.2, -0.15) is 10.1 Å². The molecule has 40 heavy (non-hydrogen) atoms. The SMILES string of the molecule is O=C(Nc1cccc(O)c1)c1ccc(Nc2ccc(/C=N/Nc3ncc(F)c(N4CCOCC4)n3)nc2)cc1Cl. The number of ether oxygens (including phenoxy) is 1. The van der Waals surface area contributed by atoms with Crippen LogP contribution in [0.4, 0.5) is 33.2 Å². The number of phenolic OH excluding ortho intramolecular Hbond substituents is 1. The van der Waals surface area contributed by atoms with Gasteiger partial charge in [-0.15, -0.1) is 0 Å². The molecule has 1 saturated heterocycles. The average Bonchev–Trinajstić information content (AvgIpc) is 2.95. The first-order valence-corrected chi connectivity index (χ1v) is 12.6. The summed E-state index contributed by atoms with van der Waals surface area (Å²) in [6, 6.07) is 14.7. The summed E-state index contributed by atoms with van der Waals surface area (Å²) in [6.45, 7) is 2.12. The zero-order chi connectivity index (χ0) is 27.9. The number of hydrazone groups is 1. The van der Waals surface area contributed by atoms with Crippen molar-refractivity contribution in [3.8, 4) is 5.75 Å². The number of hydrogen-bond donors (Lipinski definition) is 4. The van der Waals surface area contributed by atoms with Gasteiger partial charge in [0.05, 0.1) is 53.8 Å². The second kappa shape index (κ2) is 12.4. The third-order valence-corrected chi connectivity index (χ3v) is 6.10. The van der Waals surface area contributed by atoms with E-state index in [1.165, 1.54) is 18.3 Å². The van der Waals surface area contributed by atoms with Crippen molar-refractivity contribution < 1.29 is 19.0 Å². The predicted octanol–water partition coefficient (Wildman–Crippen LogP) is 4.65. The summed E-state index contributed by atoms with van der Waals surface area (Å²) < 4.78 is 19.5. The maximum atomic E-state index is 14.2. The Labute approximate surface area is 233 Å². The van der Waals surface area contributed by atoms with E-state index in [1.807, 2.05) is 0 Å². The Hall–Kier alpha value is -4.81. The molecule has 204 valence electrons. The lowest BCUT2D eigenvalue weighted by Gasteiger charge is -2.27. The maximum absolute atomic E-state index is 14.2. The number of pyridine rings is 1. The van der Waals surface area contributed by atoms with Gasteiger partial charge in [0.1, 0.15) is 5.75 Å². The van der Waals surface area contributed by atoms with E-state index >= 15 is 0 Å². The highest BCUT2D eigenvalue weighted by Crippen LogP contribution is 2.25. The van der Waals surface area contributed by atoms with Crippen molar-refractivity contribution in [2.75, 3.05) is 47.3 Å². The minimum absolute atomic E-state index is 0.0468. The number of rotatable bonds is 8. The van der Waals surface area contributed by atoms with E-state index in [2.05, 4.69) is 36.1 Å². The molecule has 4 N–H and O–H groups in total. The molecule has 1 aliphatic heterocycles. The van der Waals surface area contributed by atoms with Gasteiger partial charge in [-0.05, 0) is 42.5 Å². The number of aromatic nitrogens is 3. The van der Waals surface area contributed by atoms with Crippen LogP contribution in [0.1, 0.15) is 16.1 Å². The number of benzene rings is 2. The lowest BCUT2D eigenvalue weighted by Crippen LogP contribution is -2.37. The fourth-order valence-electron chi connectivity index (χ4n) is 3.85. The van der Waals surface area contributed by atoms with E-state index < -0.39 is 11.7 Å². The molecule has 1 aliphatic rings. The van der Waals surface area contributed by atoms with Gasteiger partial charge in [-0.3, -0.25) is 9.78 Å². The minimum Gasteiger partial charge on any atom is -0.508 e. The molecular formula is C27H24ClFN8O3. The topological polar surface area (TPSA) is 137 Å². The Kier molecular flexibility index (Phi) is 8.28. The molecule has 2 aromatic carbocycles. The molecule has 1 amide bonds. The molecule has 11 nitrogen and oxygen atoms in total. The number of morpholine rings is 1. The third kappa shape index (κ3) is 6.79. The second-order valence-corrected chi connectivity index (χ2v) is 9.04. The van der Waals surface area contributed by atoms with Crippen LogP contribution in [0.25, 0.3) is 0 Å². The fraction of sp³-hybridized carbons (Fsp3) is 0.148. The van der Waals surface area contributed by atoms with E-state index in [4.69, 9.17) is 16.3 Å². The Bertz CT molecular complexity index is 1530. The van der Waals surface area contributed by atoms with Crippen molar-refractivity contribution in [2.45, 2.75) is 0 Å². The number of carbonyl (C=O) groups excluding carboxylic acids is 1. The van der Waals surface area contributed by atoms with E-state index in [0.29, 0.717) is 49.1 Å². The summed E-state index contributed by atoms with van der Waals surface area (Å²) in [7, 11) is 0.